The predicted octanol–water partition coefficient (Wildman–Crippen LogP) is 5.98. The Balaban J connectivity index is 1.23. The fourth-order valence-electron chi connectivity index (χ4n) is 5.77. The minimum absolute atomic E-state index is 0.0842. The lowest BCUT2D eigenvalue weighted by atomic mass is 9.95. The summed E-state index contributed by atoms with van der Waals surface area (Å²) in [4.78, 5) is 40.2. The van der Waals surface area contributed by atoms with Gasteiger partial charge in [0, 0.05) is 35.8 Å². The van der Waals surface area contributed by atoms with E-state index in [0.717, 1.165) is 22.3 Å². The average molecular weight is 681 g/mol. The molecular weight excluding hydrogens is 644 g/mol. The number of aromatic nitrogens is 2. The van der Waals surface area contributed by atoms with E-state index in [4.69, 9.17) is 18.4 Å². The lowest BCUT2D eigenvalue weighted by Gasteiger charge is -2.20. The maximum Gasteiger partial charge on any atom is 0.338 e. The Kier molecular flexibility index (Phi) is 10.8. The van der Waals surface area contributed by atoms with Gasteiger partial charge in [0.2, 0.25) is 0 Å². The molecule has 2 heterocycles. The third kappa shape index (κ3) is 7.87. The number of nitrogens with zero attached hydrogens (tertiary/aromatic N) is 1. The van der Waals surface area contributed by atoms with Crippen LogP contribution in [0.1, 0.15) is 50.5 Å². The maximum atomic E-state index is 13.7. The fourth-order valence-corrected chi connectivity index (χ4v) is 6.62. The molecule has 1 aliphatic heterocycles. The molecule has 1 saturated heterocycles. The summed E-state index contributed by atoms with van der Waals surface area (Å²) in [5.74, 6) is 0.0897. The largest absolute Gasteiger partial charge is 0.497 e. The zero-order chi connectivity index (χ0) is 34.3. The Morgan fingerprint density at radius 1 is 0.959 bits per heavy atom. The van der Waals surface area contributed by atoms with Gasteiger partial charge in [0.05, 0.1) is 30.6 Å². The number of esters is 1. The first-order valence-corrected chi connectivity index (χ1v) is 16.6. The lowest BCUT2D eigenvalue weighted by molar-refractivity contribution is -0.0532. The van der Waals surface area contributed by atoms with E-state index in [9.17, 15) is 19.5 Å². The van der Waals surface area contributed by atoms with Gasteiger partial charge in [-0.05, 0) is 47.4 Å². The molecule has 10 nitrogen and oxygen atoms in total. The fraction of sp³-hybridized carbons (Fsp3) is 0.237. The highest BCUT2D eigenvalue weighted by atomic mass is 32.2. The molecule has 0 radical (unpaired) electrons. The van der Waals surface area contributed by atoms with Crippen molar-refractivity contribution in [1.82, 2.24) is 9.55 Å². The van der Waals surface area contributed by atoms with Crippen molar-refractivity contribution in [2.24, 2.45) is 0 Å². The van der Waals surface area contributed by atoms with Gasteiger partial charge in [-0.15, -0.1) is 0 Å². The molecule has 252 valence electrons. The second-order valence-corrected chi connectivity index (χ2v) is 12.5. The number of carbonyl (C=O) groups is 1. The molecule has 1 aliphatic rings. The number of H-pyrrole nitrogens is 1. The van der Waals surface area contributed by atoms with Gasteiger partial charge in [0.15, 0.2) is 0 Å². The Morgan fingerprint density at radius 3 is 2.29 bits per heavy atom. The number of ether oxygens (including phenoxy) is 3. The van der Waals surface area contributed by atoms with Crippen molar-refractivity contribution in [3.05, 3.63) is 158 Å². The number of aliphatic hydroxyl groups excluding tert-OH is 1. The summed E-state index contributed by atoms with van der Waals surface area (Å²) < 4.78 is 24.5. The molecule has 49 heavy (non-hydrogen) atoms. The summed E-state index contributed by atoms with van der Waals surface area (Å²) in [7, 11) is 1.60. The van der Waals surface area contributed by atoms with Gasteiger partial charge >= 0.3 is 11.7 Å². The van der Waals surface area contributed by atoms with Gasteiger partial charge in [-0.25, -0.2) is 9.59 Å². The van der Waals surface area contributed by atoms with Crippen LogP contribution in [-0.2, 0) is 20.3 Å². The highest BCUT2D eigenvalue weighted by Gasteiger charge is 2.36. The van der Waals surface area contributed by atoms with Gasteiger partial charge < -0.3 is 23.5 Å². The van der Waals surface area contributed by atoms with Crippen molar-refractivity contribution in [2.45, 2.75) is 43.6 Å². The van der Waals surface area contributed by atoms with Crippen LogP contribution in [-0.4, -0.2) is 46.6 Å². The van der Waals surface area contributed by atoms with Crippen molar-refractivity contribution in [3.63, 3.8) is 0 Å². The number of aliphatic hydroxyl groups is 1. The van der Waals surface area contributed by atoms with E-state index in [2.05, 4.69) is 29.2 Å². The summed E-state index contributed by atoms with van der Waals surface area (Å²) >= 11 is 1.31. The molecule has 1 aromatic heterocycles. The number of benzene rings is 4. The Labute approximate surface area is 287 Å². The van der Waals surface area contributed by atoms with Crippen molar-refractivity contribution >= 4 is 18.0 Å². The molecule has 5 aromatic rings. The number of methoxy groups -OCH3 is 1. The summed E-state index contributed by atoms with van der Waals surface area (Å²) in [5.41, 5.74) is 3.94. The standard InChI is InChI=1S/C38H36N2O8S/c1-24-21-40(38(44)39-36(24)42)34-20-32(41)33(48-34)23-46-37(43)30-15-9-14-29(25-16-18-28(45-2)19-17-25)31(30)22-47-49-35(26-10-5-3-6-11-26)27-12-7-4-8-13-27/h3-19,21,32-35,41H,20,22-23H2,1-2H3,(H,39,42,44)/t32-,33+,34+/m0/s1. The molecule has 11 heteroatoms. The van der Waals surface area contributed by atoms with Gasteiger partial charge in [-0.2, -0.15) is 0 Å². The average Bonchev–Trinajstić information content (AvgIpc) is 3.51. The van der Waals surface area contributed by atoms with Gasteiger partial charge in [-0.3, -0.25) is 14.3 Å². The molecule has 0 amide bonds. The number of hydrogen-bond acceptors (Lipinski definition) is 9. The van der Waals surface area contributed by atoms with Crippen LogP contribution in [0, 0.1) is 6.92 Å². The van der Waals surface area contributed by atoms with E-state index in [1.54, 1.807) is 26.2 Å². The highest BCUT2D eigenvalue weighted by Crippen LogP contribution is 2.38. The summed E-state index contributed by atoms with van der Waals surface area (Å²) in [6.07, 6.45) is -1.24. The van der Waals surface area contributed by atoms with Crippen LogP contribution in [0.3, 0.4) is 0 Å². The normalized spacial score (nSPS) is 17.3. The van der Waals surface area contributed by atoms with Crippen molar-refractivity contribution in [1.29, 1.82) is 0 Å². The van der Waals surface area contributed by atoms with Crippen LogP contribution in [0.25, 0.3) is 11.1 Å². The minimum atomic E-state index is -1.00. The van der Waals surface area contributed by atoms with E-state index >= 15 is 0 Å². The molecule has 2 N–H and O–H groups in total. The lowest BCUT2D eigenvalue weighted by Crippen LogP contribution is -2.33. The first kappa shape index (κ1) is 33.9. The SMILES string of the molecule is COc1ccc(-c2cccc(C(=O)OC[C@H]3O[C@@H](n4cc(C)c(=O)[nH]c4=O)C[C@@H]3O)c2COSC(c2ccccc2)c2ccccc2)cc1. The zero-order valence-electron chi connectivity index (χ0n) is 27.0. The first-order chi connectivity index (χ1) is 23.8. The van der Waals surface area contributed by atoms with Crippen LogP contribution in [0.4, 0.5) is 0 Å². The van der Waals surface area contributed by atoms with Crippen molar-refractivity contribution in [2.75, 3.05) is 13.7 Å². The maximum absolute atomic E-state index is 13.7. The third-order valence-corrected chi connectivity index (χ3v) is 9.40. The Hall–Kier alpha value is -4.94. The topological polar surface area (TPSA) is 129 Å². The van der Waals surface area contributed by atoms with Crippen LogP contribution in [0.2, 0.25) is 0 Å². The van der Waals surface area contributed by atoms with Crippen molar-refractivity contribution < 1.29 is 28.3 Å². The second kappa shape index (κ2) is 15.5. The van der Waals surface area contributed by atoms with E-state index < -0.39 is 35.7 Å². The van der Waals surface area contributed by atoms with Crippen LogP contribution in [0.15, 0.2) is 119 Å². The smallest absolute Gasteiger partial charge is 0.338 e. The molecule has 3 atom stereocenters. The molecule has 4 aromatic carbocycles. The second-order valence-electron chi connectivity index (χ2n) is 11.6. The number of carbonyl (C=O) groups excluding carboxylic acids is 1. The summed E-state index contributed by atoms with van der Waals surface area (Å²) in [5, 5.41) is 10.6. The number of aromatic amines is 1. The molecule has 0 bridgehead atoms. The summed E-state index contributed by atoms with van der Waals surface area (Å²) in [6, 6.07) is 33.1. The van der Waals surface area contributed by atoms with Gasteiger partial charge in [0.1, 0.15) is 24.7 Å². The molecule has 0 unspecified atom stereocenters. The predicted molar refractivity (Wildman–Crippen MR) is 186 cm³/mol. The Bertz CT molecular complexity index is 1960. The third-order valence-electron chi connectivity index (χ3n) is 8.41. The number of aryl methyl sites for hydroxylation is 1. The van der Waals surface area contributed by atoms with Gasteiger partial charge in [-0.1, -0.05) is 84.9 Å². The number of hydrogen-bond donors (Lipinski definition) is 2. The molecule has 0 aliphatic carbocycles. The quantitative estimate of drug-likeness (QED) is 0.121. The Morgan fingerprint density at radius 2 is 1.63 bits per heavy atom. The van der Waals surface area contributed by atoms with E-state index in [0.29, 0.717) is 22.4 Å². The van der Waals surface area contributed by atoms with Crippen LogP contribution < -0.4 is 16.0 Å². The molecule has 1 fully saturated rings. The molecule has 0 saturated carbocycles. The molecular formula is C38H36N2O8S. The summed E-state index contributed by atoms with van der Waals surface area (Å²) in [6.45, 7) is 1.41. The first-order valence-electron chi connectivity index (χ1n) is 15.8. The molecule has 0 spiro atoms. The number of rotatable bonds is 12. The van der Waals surface area contributed by atoms with E-state index in [1.165, 1.54) is 22.8 Å². The van der Waals surface area contributed by atoms with Crippen LogP contribution in [0.5, 0.6) is 5.75 Å². The zero-order valence-corrected chi connectivity index (χ0v) is 27.8. The minimum Gasteiger partial charge on any atom is -0.497 e. The van der Waals surface area contributed by atoms with Crippen molar-refractivity contribution in [3.8, 4) is 16.9 Å². The van der Waals surface area contributed by atoms with E-state index in [1.807, 2.05) is 66.7 Å². The monoisotopic (exact) mass is 680 g/mol. The van der Waals surface area contributed by atoms with Gasteiger partial charge in [0.25, 0.3) is 5.56 Å². The van der Waals surface area contributed by atoms with Crippen LogP contribution >= 0.6 is 12.0 Å². The highest BCUT2D eigenvalue weighted by molar-refractivity contribution is 7.95. The molecule has 6 rings (SSSR count). The van der Waals surface area contributed by atoms with E-state index in [-0.39, 0.29) is 24.9 Å². The number of nitrogens with one attached hydrogen (secondary N) is 1.